The second-order valence-corrected chi connectivity index (χ2v) is 9.46. The van der Waals surface area contributed by atoms with Crippen LogP contribution in [0.5, 0.6) is 5.75 Å². The first-order chi connectivity index (χ1) is 18.0. The smallest absolute Gasteiger partial charge is 0.341 e. The maximum atomic E-state index is 13.6. The molecule has 2 heterocycles. The fourth-order valence-electron chi connectivity index (χ4n) is 4.78. The van der Waals surface area contributed by atoms with E-state index in [4.69, 9.17) is 9.84 Å². The fourth-order valence-corrected chi connectivity index (χ4v) is 4.78. The lowest BCUT2D eigenvalue weighted by Crippen LogP contribution is -2.36. The molecule has 1 aromatic heterocycles. The Hall–Kier alpha value is -3.74. The number of rotatable bonds is 11. The number of benzene rings is 2. The summed E-state index contributed by atoms with van der Waals surface area (Å²) in [5.41, 5.74) is 4.13. The number of hydrogen-bond acceptors (Lipinski definition) is 5. The van der Waals surface area contributed by atoms with Crippen LogP contribution in [0, 0.1) is 5.82 Å². The van der Waals surface area contributed by atoms with Gasteiger partial charge in [0.05, 0.1) is 0 Å². The van der Waals surface area contributed by atoms with Gasteiger partial charge in [0.2, 0.25) is 5.95 Å². The van der Waals surface area contributed by atoms with Crippen LogP contribution in [0.15, 0.2) is 72.6 Å². The maximum absolute atomic E-state index is 13.6. The van der Waals surface area contributed by atoms with E-state index in [9.17, 15) is 9.18 Å². The van der Waals surface area contributed by atoms with Gasteiger partial charge >= 0.3 is 5.97 Å². The number of nitrogens with zero attached hydrogens (tertiary/aromatic N) is 3. The second-order valence-electron chi connectivity index (χ2n) is 9.46. The normalized spacial score (nSPS) is 15.7. The SMILES string of the molecule is CCCC[C@@H]1CC(CCc2cccc(OCC(=O)O)c2)=CCCN1c1ncc(-c2cccc(F)c2)cn1. The standard InChI is InChI=1S/C30H34FN3O3/c1-2-3-11-27-16-22(13-14-23-7-4-12-28(17-23)37-21-29(35)36)8-6-15-34(27)30-32-19-25(20-33-30)24-9-5-10-26(31)18-24/h4-5,7-10,12,17-20,27H,2-3,6,11,13-16,21H2,1H3,(H,35,36)/t27-/m1/s1. The largest absolute Gasteiger partial charge is 0.482 e. The summed E-state index contributed by atoms with van der Waals surface area (Å²) in [6.07, 6.45) is 13.0. The molecule has 0 spiro atoms. The summed E-state index contributed by atoms with van der Waals surface area (Å²) < 4.78 is 19.0. The summed E-state index contributed by atoms with van der Waals surface area (Å²) in [5, 5.41) is 8.85. The van der Waals surface area contributed by atoms with Gasteiger partial charge in [-0.3, -0.25) is 0 Å². The number of aromatic nitrogens is 2. The third-order valence-corrected chi connectivity index (χ3v) is 6.68. The van der Waals surface area contributed by atoms with Crippen LogP contribution in [0.2, 0.25) is 0 Å². The van der Waals surface area contributed by atoms with E-state index in [2.05, 4.69) is 33.9 Å². The molecule has 0 bridgehead atoms. The molecule has 0 fully saturated rings. The zero-order valence-corrected chi connectivity index (χ0v) is 21.3. The second kappa shape index (κ2) is 13.0. The molecule has 0 aliphatic carbocycles. The van der Waals surface area contributed by atoms with Crippen molar-refractivity contribution >= 4 is 11.9 Å². The number of halogens is 1. The van der Waals surface area contributed by atoms with Crippen molar-refractivity contribution in [2.24, 2.45) is 0 Å². The Bertz CT molecular complexity index is 1210. The van der Waals surface area contributed by atoms with E-state index >= 15 is 0 Å². The minimum Gasteiger partial charge on any atom is -0.482 e. The first kappa shape index (κ1) is 26.3. The summed E-state index contributed by atoms with van der Waals surface area (Å²) in [6, 6.07) is 14.5. The summed E-state index contributed by atoms with van der Waals surface area (Å²) >= 11 is 0. The quantitative estimate of drug-likeness (QED) is 0.303. The first-order valence-corrected chi connectivity index (χ1v) is 13.0. The van der Waals surface area contributed by atoms with Crippen LogP contribution in [0.1, 0.15) is 51.0 Å². The number of ether oxygens (including phenoxy) is 1. The predicted octanol–water partition coefficient (Wildman–Crippen LogP) is 6.46. The molecule has 0 radical (unpaired) electrons. The topological polar surface area (TPSA) is 75.6 Å². The molecule has 37 heavy (non-hydrogen) atoms. The van der Waals surface area contributed by atoms with E-state index in [1.54, 1.807) is 24.5 Å². The molecule has 0 saturated carbocycles. The number of unbranched alkanes of at least 4 members (excludes halogenated alkanes) is 1. The van der Waals surface area contributed by atoms with Gasteiger partial charge in [-0.05, 0) is 67.5 Å². The molecule has 0 unspecified atom stereocenters. The van der Waals surface area contributed by atoms with Crippen molar-refractivity contribution in [3.8, 4) is 16.9 Å². The van der Waals surface area contributed by atoms with Gasteiger partial charge in [0.25, 0.3) is 0 Å². The third-order valence-electron chi connectivity index (χ3n) is 6.68. The van der Waals surface area contributed by atoms with Gasteiger partial charge in [-0.1, -0.05) is 55.7 Å². The Labute approximate surface area is 217 Å². The van der Waals surface area contributed by atoms with Gasteiger partial charge < -0.3 is 14.7 Å². The molecular weight excluding hydrogens is 469 g/mol. The summed E-state index contributed by atoms with van der Waals surface area (Å²) in [6.45, 7) is 2.73. The zero-order chi connectivity index (χ0) is 26.0. The van der Waals surface area contributed by atoms with Crippen molar-refractivity contribution in [3.63, 3.8) is 0 Å². The maximum Gasteiger partial charge on any atom is 0.341 e. The van der Waals surface area contributed by atoms with Crippen LogP contribution in [0.4, 0.5) is 10.3 Å². The molecule has 194 valence electrons. The van der Waals surface area contributed by atoms with Crippen molar-refractivity contribution < 1.29 is 19.0 Å². The molecule has 4 rings (SSSR count). The number of anilines is 1. The van der Waals surface area contributed by atoms with Crippen molar-refractivity contribution in [1.29, 1.82) is 0 Å². The van der Waals surface area contributed by atoms with E-state index in [-0.39, 0.29) is 12.4 Å². The molecule has 1 atom stereocenters. The minimum atomic E-state index is -0.982. The van der Waals surface area contributed by atoms with Crippen molar-refractivity contribution in [2.75, 3.05) is 18.1 Å². The first-order valence-electron chi connectivity index (χ1n) is 13.0. The highest BCUT2D eigenvalue weighted by Crippen LogP contribution is 2.29. The Morgan fingerprint density at radius 3 is 2.68 bits per heavy atom. The highest BCUT2D eigenvalue weighted by atomic mass is 19.1. The Kier molecular flexibility index (Phi) is 9.24. The lowest BCUT2D eigenvalue weighted by Gasteiger charge is -2.31. The molecular formula is C30H34FN3O3. The molecule has 0 saturated heterocycles. The molecule has 1 aliphatic heterocycles. The van der Waals surface area contributed by atoms with E-state index in [0.29, 0.717) is 11.8 Å². The number of hydrogen-bond donors (Lipinski definition) is 1. The number of carbonyl (C=O) groups is 1. The molecule has 3 aromatic rings. The highest BCUT2D eigenvalue weighted by molar-refractivity contribution is 5.68. The summed E-state index contributed by atoms with van der Waals surface area (Å²) in [5.74, 6) is 0.0517. The van der Waals surface area contributed by atoms with Crippen molar-refractivity contribution in [3.05, 3.63) is 84.0 Å². The number of aliphatic carboxylic acids is 1. The van der Waals surface area contributed by atoms with Crippen molar-refractivity contribution in [2.45, 2.75) is 57.9 Å². The van der Waals surface area contributed by atoms with Crippen LogP contribution in [0.3, 0.4) is 0 Å². The van der Waals surface area contributed by atoms with Gasteiger partial charge in [-0.2, -0.15) is 0 Å². The third kappa shape index (κ3) is 7.62. The van der Waals surface area contributed by atoms with Crippen LogP contribution in [-0.4, -0.2) is 40.2 Å². The minimum absolute atomic E-state index is 0.271. The Morgan fingerprint density at radius 2 is 1.92 bits per heavy atom. The van der Waals surface area contributed by atoms with Crippen molar-refractivity contribution in [1.82, 2.24) is 9.97 Å². The fraction of sp³-hybridized carbons (Fsp3) is 0.367. The van der Waals surface area contributed by atoms with Crippen LogP contribution in [-0.2, 0) is 11.2 Å². The van der Waals surface area contributed by atoms with Gasteiger partial charge in [-0.25, -0.2) is 19.2 Å². The van der Waals surface area contributed by atoms with E-state index in [1.807, 2.05) is 18.2 Å². The van der Waals surface area contributed by atoms with E-state index in [1.165, 1.54) is 17.7 Å². The van der Waals surface area contributed by atoms with Crippen LogP contribution < -0.4 is 9.64 Å². The van der Waals surface area contributed by atoms with E-state index in [0.717, 1.165) is 74.1 Å². The highest BCUT2D eigenvalue weighted by Gasteiger charge is 2.24. The average molecular weight is 504 g/mol. The zero-order valence-electron chi connectivity index (χ0n) is 21.3. The van der Waals surface area contributed by atoms with Crippen LogP contribution >= 0.6 is 0 Å². The van der Waals surface area contributed by atoms with Gasteiger partial charge in [0.15, 0.2) is 6.61 Å². The summed E-state index contributed by atoms with van der Waals surface area (Å²) in [4.78, 5) is 22.5. The molecule has 7 heteroatoms. The monoisotopic (exact) mass is 503 g/mol. The number of carboxylic acids is 1. The Morgan fingerprint density at radius 1 is 1.11 bits per heavy atom. The van der Waals surface area contributed by atoms with E-state index < -0.39 is 5.97 Å². The molecule has 1 aliphatic rings. The lowest BCUT2D eigenvalue weighted by atomic mass is 9.96. The molecule has 0 amide bonds. The number of aryl methyl sites for hydroxylation is 1. The molecule has 1 N–H and O–H groups in total. The average Bonchev–Trinajstić information content (AvgIpc) is 3.12. The lowest BCUT2D eigenvalue weighted by molar-refractivity contribution is -0.139. The van der Waals surface area contributed by atoms with Crippen LogP contribution in [0.25, 0.3) is 11.1 Å². The van der Waals surface area contributed by atoms with Gasteiger partial charge in [0.1, 0.15) is 11.6 Å². The Balaban J connectivity index is 1.42. The molecule has 2 aromatic carbocycles. The van der Waals surface area contributed by atoms with Gasteiger partial charge in [-0.15, -0.1) is 0 Å². The molecule has 6 nitrogen and oxygen atoms in total. The van der Waals surface area contributed by atoms with Gasteiger partial charge in [0, 0.05) is 30.5 Å². The predicted molar refractivity (Wildman–Crippen MR) is 143 cm³/mol. The number of carboxylic acid groups (broad SMARTS) is 1. The summed E-state index contributed by atoms with van der Waals surface area (Å²) in [7, 11) is 0.